The average Bonchev–Trinajstić information content (AvgIpc) is 2.96. The van der Waals surface area contributed by atoms with Crippen LogP contribution in [0.15, 0.2) is 17.5 Å². The van der Waals surface area contributed by atoms with Crippen LogP contribution in [0.1, 0.15) is 19.5 Å². The molecule has 2 heterocycles. The molecule has 0 saturated carbocycles. The topological polar surface area (TPSA) is 98.6 Å². The number of rotatable bonds is 6. The maximum atomic E-state index is 8.85. The Bertz CT molecular complexity index is 501. The Balaban J connectivity index is 2.18. The predicted molar refractivity (Wildman–Crippen MR) is 76.0 cm³/mol. The summed E-state index contributed by atoms with van der Waals surface area (Å²) in [5.41, 5.74) is 0.922. The summed E-state index contributed by atoms with van der Waals surface area (Å²) in [6.45, 7) is 6.30. The second-order valence-electron chi connectivity index (χ2n) is 4.59. The van der Waals surface area contributed by atoms with Gasteiger partial charge in [0, 0.05) is 19.4 Å². The van der Waals surface area contributed by atoms with Gasteiger partial charge in [0.05, 0.1) is 31.7 Å². The van der Waals surface area contributed by atoms with E-state index in [1.807, 2.05) is 24.9 Å². The van der Waals surface area contributed by atoms with Gasteiger partial charge in [-0.25, -0.2) is 9.98 Å². The standard InChI is InChI=1S/C13H20N6O2/c1-3-20-13(21-4-2)7-16-12(17-9-14)19(8-13)6-11-5-15-10-18-11/h5,10H,3-4,6-8H2,1-2H3,(H,15,18)(H,16,17). The monoisotopic (exact) mass is 292 g/mol. The fourth-order valence-electron chi connectivity index (χ4n) is 2.34. The largest absolute Gasteiger partial charge is 0.347 e. The van der Waals surface area contributed by atoms with Gasteiger partial charge in [0.1, 0.15) is 0 Å². The Morgan fingerprint density at radius 1 is 1.48 bits per heavy atom. The lowest BCUT2D eigenvalue weighted by molar-refractivity contribution is -0.234. The van der Waals surface area contributed by atoms with Crippen LogP contribution in [0.2, 0.25) is 0 Å². The summed E-state index contributed by atoms with van der Waals surface area (Å²) >= 11 is 0. The first kappa shape index (κ1) is 15.3. The lowest BCUT2D eigenvalue weighted by Gasteiger charge is -2.40. The summed E-state index contributed by atoms with van der Waals surface area (Å²) < 4.78 is 11.6. The molecule has 0 fully saturated rings. The van der Waals surface area contributed by atoms with Crippen LogP contribution in [0, 0.1) is 11.5 Å². The quantitative estimate of drug-likeness (QED) is 0.448. The van der Waals surface area contributed by atoms with Gasteiger partial charge < -0.3 is 19.4 Å². The van der Waals surface area contributed by atoms with Gasteiger partial charge >= 0.3 is 0 Å². The van der Waals surface area contributed by atoms with E-state index in [9.17, 15) is 0 Å². The molecule has 114 valence electrons. The SMILES string of the molecule is CCOC1(OCC)CN=C(NC#N)N(Cc2cnc[nH]2)C1. The molecule has 0 radical (unpaired) electrons. The zero-order valence-corrected chi connectivity index (χ0v) is 12.3. The summed E-state index contributed by atoms with van der Waals surface area (Å²) in [5, 5.41) is 11.5. The fraction of sp³-hybridized carbons (Fsp3) is 0.615. The first-order valence-electron chi connectivity index (χ1n) is 6.92. The van der Waals surface area contributed by atoms with Gasteiger partial charge in [-0.3, -0.25) is 5.32 Å². The van der Waals surface area contributed by atoms with Crippen LogP contribution in [-0.2, 0) is 16.0 Å². The number of imidazole rings is 1. The van der Waals surface area contributed by atoms with Crippen molar-refractivity contribution in [3.8, 4) is 6.19 Å². The molecule has 0 bridgehead atoms. The Morgan fingerprint density at radius 2 is 2.24 bits per heavy atom. The van der Waals surface area contributed by atoms with Crippen LogP contribution in [-0.4, -0.2) is 52.9 Å². The molecule has 2 rings (SSSR count). The number of aliphatic imine (C=N–C) groups is 1. The molecule has 8 nitrogen and oxygen atoms in total. The number of hydrogen-bond acceptors (Lipinski definition) is 7. The van der Waals surface area contributed by atoms with Crippen LogP contribution in [0.3, 0.4) is 0 Å². The van der Waals surface area contributed by atoms with E-state index in [4.69, 9.17) is 14.7 Å². The van der Waals surface area contributed by atoms with E-state index in [0.29, 0.717) is 38.8 Å². The van der Waals surface area contributed by atoms with Gasteiger partial charge in [-0.1, -0.05) is 0 Å². The van der Waals surface area contributed by atoms with E-state index in [0.717, 1.165) is 5.69 Å². The van der Waals surface area contributed by atoms with Gasteiger partial charge in [0.15, 0.2) is 6.19 Å². The predicted octanol–water partition coefficient (Wildman–Crippen LogP) is 0.421. The first-order chi connectivity index (χ1) is 10.2. The highest BCUT2D eigenvalue weighted by atomic mass is 16.7. The third-order valence-electron chi connectivity index (χ3n) is 3.10. The van der Waals surface area contributed by atoms with Crippen molar-refractivity contribution in [2.45, 2.75) is 26.2 Å². The van der Waals surface area contributed by atoms with Crippen LogP contribution in [0.4, 0.5) is 0 Å². The van der Waals surface area contributed by atoms with Crippen LogP contribution >= 0.6 is 0 Å². The number of ether oxygens (including phenoxy) is 2. The zero-order valence-electron chi connectivity index (χ0n) is 12.3. The molecule has 1 aromatic heterocycles. The summed E-state index contributed by atoms with van der Waals surface area (Å²) in [5.74, 6) is -0.258. The van der Waals surface area contributed by atoms with Gasteiger partial charge in [0.25, 0.3) is 0 Å². The minimum Gasteiger partial charge on any atom is -0.347 e. The average molecular weight is 292 g/mol. The molecule has 1 aliphatic rings. The number of aromatic nitrogens is 2. The summed E-state index contributed by atoms with van der Waals surface area (Å²) in [7, 11) is 0. The van der Waals surface area contributed by atoms with Crippen molar-refractivity contribution in [3.63, 3.8) is 0 Å². The Kier molecular flexibility index (Phi) is 5.14. The second kappa shape index (κ2) is 7.06. The van der Waals surface area contributed by atoms with E-state index in [2.05, 4.69) is 20.3 Å². The molecule has 1 aromatic rings. The van der Waals surface area contributed by atoms with Gasteiger partial charge in [-0.05, 0) is 13.8 Å². The number of nitrogens with zero attached hydrogens (tertiary/aromatic N) is 4. The molecule has 0 atom stereocenters. The maximum Gasteiger partial charge on any atom is 0.208 e. The minimum absolute atomic E-state index is 0.359. The molecule has 0 aromatic carbocycles. The van der Waals surface area contributed by atoms with Crippen LogP contribution in [0.25, 0.3) is 0 Å². The normalized spacial score (nSPS) is 17.2. The first-order valence-corrected chi connectivity index (χ1v) is 6.92. The third-order valence-corrected chi connectivity index (χ3v) is 3.10. The number of aromatic amines is 1. The van der Waals surface area contributed by atoms with Gasteiger partial charge in [-0.15, -0.1) is 0 Å². The molecule has 0 saturated heterocycles. The Morgan fingerprint density at radius 3 is 2.81 bits per heavy atom. The Hall–Kier alpha value is -2.11. The maximum absolute atomic E-state index is 8.85. The van der Waals surface area contributed by atoms with Crippen molar-refractivity contribution in [2.75, 3.05) is 26.3 Å². The minimum atomic E-state index is -0.774. The number of H-pyrrole nitrogens is 1. The third kappa shape index (κ3) is 3.71. The van der Waals surface area contributed by atoms with E-state index in [1.54, 1.807) is 12.5 Å². The highest BCUT2D eigenvalue weighted by Gasteiger charge is 2.38. The van der Waals surface area contributed by atoms with Crippen molar-refractivity contribution in [3.05, 3.63) is 18.2 Å². The highest BCUT2D eigenvalue weighted by Crippen LogP contribution is 2.21. The van der Waals surface area contributed by atoms with Crippen molar-refractivity contribution in [1.29, 1.82) is 5.26 Å². The zero-order chi connectivity index (χ0) is 15.1. The molecule has 0 spiro atoms. The van der Waals surface area contributed by atoms with Crippen LogP contribution in [0.5, 0.6) is 0 Å². The van der Waals surface area contributed by atoms with E-state index < -0.39 is 5.79 Å². The molecule has 2 N–H and O–H groups in total. The highest BCUT2D eigenvalue weighted by molar-refractivity contribution is 5.82. The lowest BCUT2D eigenvalue weighted by Crippen LogP contribution is -2.57. The molecule has 21 heavy (non-hydrogen) atoms. The number of hydrogen-bond donors (Lipinski definition) is 2. The molecule has 1 aliphatic heterocycles. The van der Waals surface area contributed by atoms with Gasteiger partial charge in [-0.2, -0.15) is 5.26 Å². The molecule has 0 unspecified atom stereocenters. The summed E-state index contributed by atoms with van der Waals surface area (Å²) in [6.07, 6.45) is 5.26. The fourth-order valence-corrected chi connectivity index (χ4v) is 2.34. The number of guanidine groups is 1. The Labute approximate surface area is 123 Å². The lowest BCUT2D eigenvalue weighted by atomic mass is 10.2. The molecular weight excluding hydrogens is 272 g/mol. The molecule has 0 aliphatic carbocycles. The van der Waals surface area contributed by atoms with Crippen molar-refractivity contribution >= 4 is 5.96 Å². The molecule has 8 heteroatoms. The smallest absolute Gasteiger partial charge is 0.208 e. The summed E-state index contributed by atoms with van der Waals surface area (Å²) in [4.78, 5) is 13.3. The second-order valence-corrected chi connectivity index (χ2v) is 4.59. The van der Waals surface area contributed by atoms with Crippen molar-refractivity contribution in [1.82, 2.24) is 20.2 Å². The number of nitrogens with one attached hydrogen (secondary N) is 2. The summed E-state index contributed by atoms with van der Waals surface area (Å²) in [6, 6.07) is 0. The molecule has 0 amide bonds. The van der Waals surface area contributed by atoms with Crippen LogP contribution < -0.4 is 5.32 Å². The number of nitriles is 1. The van der Waals surface area contributed by atoms with Crippen molar-refractivity contribution in [2.24, 2.45) is 4.99 Å². The van der Waals surface area contributed by atoms with Gasteiger partial charge in [0.2, 0.25) is 11.7 Å². The van der Waals surface area contributed by atoms with E-state index >= 15 is 0 Å². The van der Waals surface area contributed by atoms with E-state index in [1.165, 1.54) is 0 Å². The molecular formula is C13H20N6O2. The van der Waals surface area contributed by atoms with E-state index in [-0.39, 0.29) is 0 Å². The van der Waals surface area contributed by atoms with Crippen molar-refractivity contribution < 1.29 is 9.47 Å².